The van der Waals surface area contributed by atoms with Crippen LogP contribution in [-0.2, 0) is 6.54 Å². The van der Waals surface area contributed by atoms with E-state index in [1.54, 1.807) is 18.2 Å². The van der Waals surface area contributed by atoms with Crippen molar-refractivity contribution in [3.05, 3.63) is 53.9 Å². The van der Waals surface area contributed by atoms with Crippen molar-refractivity contribution < 1.29 is 9.90 Å². The Hall–Kier alpha value is -2.40. The first-order chi connectivity index (χ1) is 8.70. The van der Waals surface area contributed by atoms with Crippen molar-refractivity contribution in [2.24, 2.45) is 5.73 Å². The number of pyridine rings is 1. The van der Waals surface area contributed by atoms with Crippen LogP contribution in [0.5, 0.6) is 5.75 Å². The Balaban J connectivity index is 2.14. The Labute approximate surface area is 104 Å². The molecule has 4 N–H and O–H groups in total. The van der Waals surface area contributed by atoms with Crippen molar-refractivity contribution in [1.82, 2.24) is 4.98 Å². The largest absolute Gasteiger partial charge is 0.505 e. The lowest BCUT2D eigenvalue weighted by Crippen LogP contribution is -2.13. The van der Waals surface area contributed by atoms with E-state index in [2.05, 4.69) is 10.3 Å². The summed E-state index contributed by atoms with van der Waals surface area (Å²) < 4.78 is 0. The fraction of sp³-hybridized carbons (Fsp3) is 0.0769. The van der Waals surface area contributed by atoms with Gasteiger partial charge in [-0.25, -0.2) is 4.98 Å². The molecule has 1 aromatic carbocycles. The number of nitrogens with zero attached hydrogens (tertiary/aromatic N) is 1. The Kier molecular flexibility index (Phi) is 3.54. The predicted octanol–water partition coefficient (Wildman–Crippen LogP) is 1.50. The molecule has 0 aliphatic heterocycles. The maximum Gasteiger partial charge on any atom is 0.278 e. The average molecular weight is 243 g/mol. The summed E-state index contributed by atoms with van der Waals surface area (Å²) in [7, 11) is 0. The van der Waals surface area contributed by atoms with Gasteiger partial charge >= 0.3 is 0 Å². The number of carbonyl (C=O) groups is 1. The molecule has 1 amide bonds. The van der Waals surface area contributed by atoms with Crippen LogP contribution in [0.3, 0.4) is 0 Å². The Morgan fingerprint density at radius 1 is 1.28 bits per heavy atom. The average Bonchev–Trinajstić information content (AvgIpc) is 2.40. The van der Waals surface area contributed by atoms with Crippen molar-refractivity contribution in [1.29, 1.82) is 0 Å². The topological polar surface area (TPSA) is 88.2 Å². The smallest absolute Gasteiger partial charge is 0.278 e. The number of nitrogens with two attached hydrogens (primary N) is 1. The lowest BCUT2D eigenvalue weighted by molar-refractivity contribution is 0.101. The van der Waals surface area contributed by atoms with E-state index in [4.69, 9.17) is 5.73 Å². The van der Waals surface area contributed by atoms with Gasteiger partial charge < -0.3 is 16.2 Å². The van der Waals surface area contributed by atoms with Gasteiger partial charge in [-0.2, -0.15) is 0 Å². The van der Waals surface area contributed by atoms with Crippen LogP contribution in [0, 0.1) is 0 Å². The Bertz CT molecular complexity index is 552. The second kappa shape index (κ2) is 5.29. The van der Waals surface area contributed by atoms with E-state index in [-0.39, 0.29) is 11.4 Å². The number of hydrogen-bond donors (Lipinski definition) is 3. The van der Waals surface area contributed by atoms with Gasteiger partial charge in [0.25, 0.3) is 5.91 Å². The van der Waals surface area contributed by atoms with Gasteiger partial charge in [0, 0.05) is 18.4 Å². The molecule has 18 heavy (non-hydrogen) atoms. The highest BCUT2D eigenvalue weighted by Crippen LogP contribution is 2.15. The number of rotatable bonds is 3. The van der Waals surface area contributed by atoms with Gasteiger partial charge in [0.1, 0.15) is 5.75 Å². The minimum Gasteiger partial charge on any atom is -0.505 e. The molecule has 2 rings (SSSR count). The van der Waals surface area contributed by atoms with E-state index in [1.807, 2.05) is 12.1 Å². The molecular weight excluding hydrogens is 230 g/mol. The summed E-state index contributed by atoms with van der Waals surface area (Å²) in [5, 5.41) is 12.1. The summed E-state index contributed by atoms with van der Waals surface area (Å²) >= 11 is 0. The van der Waals surface area contributed by atoms with E-state index in [0.717, 1.165) is 5.56 Å². The van der Waals surface area contributed by atoms with Gasteiger partial charge in [-0.3, -0.25) is 4.79 Å². The molecule has 0 saturated heterocycles. The van der Waals surface area contributed by atoms with Gasteiger partial charge in [0.05, 0.1) is 0 Å². The first-order valence-electron chi connectivity index (χ1n) is 5.45. The van der Waals surface area contributed by atoms with Gasteiger partial charge in [-0.1, -0.05) is 12.1 Å². The van der Waals surface area contributed by atoms with Crippen LogP contribution in [0.25, 0.3) is 0 Å². The molecule has 0 radical (unpaired) electrons. The molecule has 0 unspecified atom stereocenters. The molecule has 1 heterocycles. The maximum atomic E-state index is 11.8. The lowest BCUT2D eigenvalue weighted by atomic mass is 10.2. The van der Waals surface area contributed by atoms with Crippen molar-refractivity contribution in [2.45, 2.75) is 6.54 Å². The van der Waals surface area contributed by atoms with Crippen molar-refractivity contribution >= 4 is 11.6 Å². The molecule has 0 atom stereocenters. The monoisotopic (exact) mass is 243 g/mol. The molecule has 0 aliphatic rings. The Morgan fingerprint density at radius 2 is 2.00 bits per heavy atom. The second-order valence-electron chi connectivity index (χ2n) is 3.73. The first-order valence-corrected chi connectivity index (χ1v) is 5.45. The molecule has 0 aliphatic carbocycles. The summed E-state index contributed by atoms with van der Waals surface area (Å²) in [5.41, 5.74) is 7.09. The minimum atomic E-state index is -0.450. The second-order valence-corrected chi connectivity index (χ2v) is 3.73. The summed E-state index contributed by atoms with van der Waals surface area (Å²) in [6.07, 6.45) is 1.45. The number of hydrogen-bond acceptors (Lipinski definition) is 4. The maximum absolute atomic E-state index is 11.8. The van der Waals surface area contributed by atoms with Gasteiger partial charge in [0.15, 0.2) is 5.69 Å². The zero-order valence-corrected chi connectivity index (χ0v) is 9.63. The molecule has 0 fully saturated rings. The lowest BCUT2D eigenvalue weighted by Gasteiger charge is -2.06. The standard InChI is InChI=1S/C13H13N3O2/c14-8-9-3-5-10(6-4-9)16-13(18)12-11(17)2-1-7-15-12/h1-7,17H,8,14H2,(H,16,18). The number of aromatic nitrogens is 1. The quantitative estimate of drug-likeness (QED) is 0.762. The van der Waals surface area contributed by atoms with E-state index < -0.39 is 5.91 Å². The van der Waals surface area contributed by atoms with Crippen LogP contribution >= 0.6 is 0 Å². The molecule has 0 bridgehead atoms. The van der Waals surface area contributed by atoms with Crippen molar-refractivity contribution in [3.63, 3.8) is 0 Å². The van der Waals surface area contributed by atoms with Crippen molar-refractivity contribution in [2.75, 3.05) is 5.32 Å². The molecule has 0 saturated carbocycles. The summed E-state index contributed by atoms with van der Waals surface area (Å²) in [4.78, 5) is 15.7. The van der Waals surface area contributed by atoms with Crippen LogP contribution < -0.4 is 11.1 Å². The first kappa shape index (κ1) is 12.1. The normalized spacial score (nSPS) is 10.1. The predicted molar refractivity (Wildman–Crippen MR) is 68.2 cm³/mol. The third-order valence-electron chi connectivity index (χ3n) is 2.45. The minimum absolute atomic E-state index is 0.000372. The number of benzene rings is 1. The van der Waals surface area contributed by atoms with Crippen LogP contribution in [0.15, 0.2) is 42.6 Å². The van der Waals surface area contributed by atoms with Crippen LogP contribution in [0.1, 0.15) is 16.1 Å². The fourth-order valence-electron chi connectivity index (χ4n) is 1.49. The highest BCUT2D eigenvalue weighted by atomic mass is 16.3. The van der Waals surface area contributed by atoms with E-state index >= 15 is 0 Å². The fourth-order valence-corrected chi connectivity index (χ4v) is 1.49. The zero-order chi connectivity index (χ0) is 13.0. The molecule has 1 aromatic heterocycles. The number of anilines is 1. The van der Waals surface area contributed by atoms with Gasteiger partial charge in [-0.15, -0.1) is 0 Å². The SMILES string of the molecule is NCc1ccc(NC(=O)c2ncccc2O)cc1. The molecule has 0 spiro atoms. The molecule has 92 valence electrons. The molecular formula is C13H13N3O2. The number of aromatic hydroxyl groups is 1. The third kappa shape index (κ3) is 2.64. The number of carbonyl (C=O) groups excluding carboxylic acids is 1. The van der Waals surface area contributed by atoms with E-state index in [0.29, 0.717) is 12.2 Å². The number of amides is 1. The van der Waals surface area contributed by atoms with E-state index in [9.17, 15) is 9.90 Å². The van der Waals surface area contributed by atoms with Crippen LogP contribution in [-0.4, -0.2) is 16.0 Å². The highest BCUT2D eigenvalue weighted by molar-refractivity contribution is 6.04. The van der Waals surface area contributed by atoms with E-state index in [1.165, 1.54) is 12.3 Å². The summed E-state index contributed by atoms with van der Waals surface area (Å²) in [5.74, 6) is -0.595. The molecule has 5 heteroatoms. The van der Waals surface area contributed by atoms with Gasteiger partial charge in [0.2, 0.25) is 0 Å². The zero-order valence-electron chi connectivity index (χ0n) is 9.63. The summed E-state index contributed by atoms with van der Waals surface area (Å²) in [6.45, 7) is 0.454. The third-order valence-corrected chi connectivity index (χ3v) is 2.45. The van der Waals surface area contributed by atoms with Crippen LogP contribution in [0.4, 0.5) is 5.69 Å². The van der Waals surface area contributed by atoms with Crippen LogP contribution in [0.2, 0.25) is 0 Å². The summed E-state index contributed by atoms with van der Waals surface area (Å²) in [6, 6.07) is 10.1. The Morgan fingerprint density at radius 3 is 2.61 bits per heavy atom. The highest BCUT2D eigenvalue weighted by Gasteiger charge is 2.11. The molecule has 5 nitrogen and oxygen atoms in total. The number of nitrogens with one attached hydrogen (secondary N) is 1. The van der Waals surface area contributed by atoms with Crippen molar-refractivity contribution in [3.8, 4) is 5.75 Å². The van der Waals surface area contributed by atoms with Gasteiger partial charge in [-0.05, 0) is 29.8 Å². The molecule has 2 aromatic rings.